The lowest BCUT2D eigenvalue weighted by molar-refractivity contribution is 0.0948. The standard InChI is InChI=1S/C26H27ClN4O8S/c1-37-13-12-29-26(34)39-23-9-6-18(16-30-23)24(32)31-40(35,36)20-5-3-4-17(14-20)10-11-28-25(33)21-15-19(27)7-8-22(21)38-2/h3-9,14-16H,10-13H2,1-2H3,(H,28,33)(H,29,34)(H,31,32). The molecule has 0 atom stereocenters. The highest BCUT2D eigenvalue weighted by atomic mass is 35.5. The zero-order chi connectivity index (χ0) is 29.1. The predicted molar refractivity (Wildman–Crippen MR) is 145 cm³/mol. The van der Waals surface area contributed by atoms with Crippen LogP contribution in [0.25, 0.3) is 0 Å². The summed E-state index contributed by atoms with van der Waals surface area (Å²) >= 11 is 5.98. The molecule has 212 valence electrons. The van der Waals surface area contributed by atoms with Gasteiger partial charge in [-0.2, -0.15) is 0 Å². The van der Waals surface area contributed by atoms with E-state index >= 15 is 0 Å². The number of halogens is 1. The van der Waals surface area contributed by atoms with E-state index in [2.05, 4.69) is 15.6 Å². The van der Waals surface area contributed by atoms with Crippen molar-refractivity contribution in [2.75, 3.05) is 33.9 Å². The number of hydrogen-bond donors (Lipinski definition) is 3. The number of aromatic nitrogens is 1. The van der Waals surface area contributed by atoms with Crippen molar-refractivity contribution in [1.29, 1.82) is 0 Å². The van der Waals surface area contributed by atoms with Crippen LogP contribution in [0.3, 0.4) is 0 Å². The number of pyridine rings is 1. The SMILES string of the molecule is COCCNC(=O)Oc1ccc(C(=O)NS(=O)(=O)c2cccc(CCNC(=O)c3cc(Cl)ccc3OC)c2)cn1. The molecule has 1 heterocycles. The molecule has 40 heavy (non-hydrogen) atoms. The van der Waals surface area contributed by atoms with Gasteiger partial charge in [0.15, 0.2) is 0 Å². The molecule has 0 bridgehead atoms. The molecular weight excluding hydrogens is 564 g/mol. The number of benzene rings is 2. The van der Waals surface area contributed by atoms with Gasteiger partial charge < -0.3 is 24.8 Å². The van der Waals surface area contributed by atoms with Crippen LogP contribution in [0, 0.1) is 0 Å². The summed E-state index contributed by atoms with van der Waals surface area (Å²) in [6, 6.07) is 13.2. The number of carbonyl (C=O) groups excluding carboxylic acids is 3. The fourth-order valence-corrected chi connectivity index (χ4v) is 4.56. The van der Waals surface area contributed by atoms with Crippen LogP contribution >= 0.6 is 11.6 Å². The topological polar surface area (TPSA) is 162 Å². The Balaban J connectivity index is 1.57. The Morgan fingerprint density at radius 2 is 1.75 bits per heavy atom. The van der Waals surface area contributed by atoms with Crippen LogP contribution in [-0.2, 0) is 21.2 Å². The van der Waals surface area contributed by atoms with E-state index in [0.717, 1.165) is 6.20 Å². The van der Waals surface area contributed by atoms with Gasteiger partial charge in [0.25, 0.3) is 21.8 Å². The number of rotatable bonds is 12. The maximum Gasteiger partial charge on any atom is 0.414 e. The number of carbonyl (C=O) groups is 3. The summed E-state index contributed by atoms with van der Waals surface area (Å²) < 4.78 is 42.6. The highest BCUT2D eigenvalue weighted by Crippen LogP contribution is 2.22. The lowest BCUT2D eigenvalue weighted by Gasteiger charge is -2.11. The van der Waals surface area contributed by atoms with Gasteiger partial charge in [-0.25, -0.2) is 22.9 Å². The van der Waals surface area contributed by atoms with Gasteiger partial charge in [-0.15, -0.1) is 0 Å². The summed E-state index contributed by atoms with van der Waals surface area (Å²) in [5, 5.41) is 5.57. The second-order valence-corrected chi connectivity index (χ2v) is 10.2. The van der Waals surface area contributed by atoms with Crippen molar-refractivity contribution in [2.24, 2.45) is 0 Å². The van der Waals surface area contributed by atoms with Crippen molar-refractivity contribution in [1.82, 2.24) is 20.3 Å². The molecule has 3 aromatic rings. The van der Waals surface area contributed by atoms with E-state index < -0.39 is 27.9 Å². The number of nitrogens with zero attached hydrogens (tertiary/aromatic N) is 1. The average molecular weight is 591 g/mol. The van der Waals surface area contributed by atoms with Crippen LogP contribution in [0.2, 0.25) is 5.02 Å². The minimum atomic E-state index is -4.22. The third-order valence-electron chi connectivity index (χ3n) is 5.31. The largest absolute Gasteiger partial charge is 0.496 e. The van der Waals surface area contributed by atoms with Crippen molar-refractivity contribution < 1.29 is 37.0 Å². The molecule has 12 nitrogen and oxygen atoms in total. The van der Waals surface area contributed by atoms with E-state index in [1.54, 1.807) is 18.2 Å². The second kappa shape index (κ2) is 14.3. The van der Waals surface area contributed by atoms with E-state index in [9.17, 15) is 22.8 Å². The lowest BCUT2D eigenvalue weighted by Crippen LogP contribution is -2.31. The monoisotopic (exact) mass is 590 g/mol. The third-order valence-corrected chi connectivity index (χ3v) is 6.88. The fraction of sp³-hybridized carbons (Fsp3) is 0.231. The van der Waals surface area contributed by atoms with E-state index in [1.807, 2.05) is 4.72 Å². The fourth-order valence-electron chi connectivity index (χ4n) is 3.34. The van der Waals surface area contributed by atoms with Gasteiger partial charge in [-0.05, 0) is 48.4 Å². The van der Waals surface area contributed by atoms with Crippen molar-refractivity contribution in [3.8, 4) is 11.6 Å². The van der Waals surface area contributed by atoms with Crippen LogP contribution in [-0.4, -0.2) is 65.2 Å². The Bertz CT molecular complexity index is 1470. The minimum absolute atomic E-state index is 0.0639. The van der Waals surface area contributed by atoms with E-state index in [0.29, 0.717) is 29.4 Å². The molecule has 14 heteroatoms. The highest BCUT2D eigenvalue weighted by molar-refractivity contribution is 7.90. The van der Waals surface area contributed by atoms with Gasteiger partial charge in [0, 0.05) is 37.5 Å². The highest BCUT2D eigenvalue weighted by Gasteiger charge is 2.20. The molecule has 0 unspecified atom stereocenters. The molecule has 0 aliphatic carbocycles. The first-order chi connectivity index (χ1) is 19.1. The van der Waals surface area contributed by atoms with Crippen LogP contribution in [0.15, 0.2) is 65.7 Å². The number of amides is 3. The zero-order valence-corrected chi connectivity index (χ0v) is 23.2. The molecule has 0 spiro atoms. The number of sulfonamides is 1. The minimum Gasteiger partial charge on any atom is -0.496 e. The smallest absolute Gasteiger partial charge is 0.414 e. The molecule has 3 amide bonds. The number of nitrogens with one attached hydrogen (secondary N) is 3. The van der Waals surface area contributed by atoms with Gasteiger partial charge >= 0.3 is 6.09 Å². The van der Waals surface area contributed by atoms with Gasteiger partial charge in [-0.1, -0.05) is 23.7 Å². The summed E-state index contributed by atoms with van der Waals surface area (Å²) in [6.07, 6.45) is 0.639. The van der Waals surface area contributed by atoms with Crippen molar-refractivity contribution in [2.45, 2.75) is 11.3 Å². The van der Waals surface area contributed by atoms with Crippen molar-refractivity contribution >= 4 is 39.5 Å². The van der Waals surface area contributed by atoms with Crippen molar-refractivity contribution in [3.05, 3.63) is 82.5 Å². The van der Waals surface area contributed by atoms with Gasteiger partial charge in [-0.3, -0.25) is 9.59 Å². The second-order valence-electron chi connectivity index (χ2n) is 8.13. The quantitative estimate of drug-likeness (QED) is 0.269. The van der Waals surface area contributed by atoms with E-state index in [-0.39, 0.29) is 35.0 Å². The molecule has 3 N–H and O–H groups in total. The van der Waals surface area contributed by atoms with Crippen LogP contribution < -0.4 is 24.8 Å². The normalized spacial score (nSPS) is 10.9. The maximum atomic E-state index is 12.8. The summed E-state index contributed by atoms with van der Waals surface area (Å²) in [5.41, 5.74) is 0.820. The van der Waals surface area contributed by atoms with Gasteiger partial charge in [0.2, 0.25) is 5.88 Å². The lowest BCUT2D eigenvalue weighted by atomic mass is 10.1. The first kappa shape index (κ1) is 30.3. The number of methoxy groups -OCH3 is 2. The predicted octanol–water partition coefficient (Wildman–Crippen LogP) is 2.57. The summed E-state index contributed by atoms with van der Waals surface area (Å²) in [4.78, 5) is 40.5. The number of hydrogen-bond acceptors (Lipinski definition) is 9. The van der Waals surface area contributed by atoms with Crippen LogP contribution in [0.4, 0.5) is 4.79 Å². The Morgan fingerprint density at radius 1 is 0.950 bits per heavy atom. The first-order valence-corrected chi connectivity index (χ1v) is 13.7. The molecule has 0 saturated heterocycles. The zero-order valence-electron chi connectivity index (χ0n) is 21.6. The first-order valence-electron chi connectivity index (χ1n) is 11.8. The average Bonchev–Trinajstić information content (AvgIpc) is 2.93. The summed E-state index contributed by atoms with van der Waals surface area (Å²) in [6.45, 7) is 0.742. The molecule has 1 aromatic heterocycles. The molecule has 0 aliphatic heterocycles. The Labute approximate surface area is 236 Å². The summed E-state index contributed by atoms with van der Waals surface area (Å²) in [7, 11) is -1.30. The van der Waals surface area contributed by atoms with E-state index in [4.69, 9.17) is 25.8 Å². The molecule has 0 fully saturated rings. The Kier molecular flexibility index (Phi) is 10.8. The molecule has 2 aromatic carbocycles. The Morgan fingerprint density at radius 3 is 2.45 bits per heavy atom. The molecule has 0 aliphatic rings. The van der Waals surface area contributed by atoms with Crippen LogP contribution in [0.5, 0.6) is 11.6 Å². The molecule has 0 saturated carbocycles. The molecular formula is C26H27ClN4O8S. The van der Waals surface area contributed by atoms with Gasteiger partial charge in [0.1, 0.15) is 5.75 Å². The molecule has 3 rings (SSSR count). The Hall–Kier alpha value is -4.20. The van der Waals surface area contributed by atoms with Gasteiger partial charge in [0.05, 0.1) is 29.7 Å². The van der Waals surface area contributed by atoms with Crippen LogP contribution in [0.1, 0.15) is 26.3 Å². The number of ether oxygens (including phenoxy) is 3. The maximum absolute atomic E-state index is 12.8. The van der Waals surface area contributed by atoms with Crippen molar-refractivity contribution in [3.63, 3.8) is 0 Å². The summed E-state index contributed by atoms with van der Waals surface area (Å²) in [5.74, 6) is -1.03. The van der Waals surface area contributed by atoms with E-state index in [1.165, 1.54) is 50.6 Å². The third kappa shape index (κ3) is 8.66. The molecule has 0 radical (unpaired) electrons.